The average molecular weight is 270 g/mol. The number of amides is 1. The van der Waals surface area contributed by atoms with Crippen molar-refractivity contribution >= 4 is 11.6 Å². The minimum absolute atomic E-state index is 0.206. The molecule has 20 heavy (non-hydrogen) atoms. The van der Waals surface area contributed by atoms with Crippen LogP contribution in [0, 0.1) is 0 Å². The Morgan fingerprint density at radius 3 is 2.40 bits per heavy atom. The number of rotatable bonds is 5. The predicted molar refractivity (Wildman–Crippen MR) is 79.5 cm³/mol. The van der Waals surface area contributed by atoms with Gasteiger partial charge in [0.15, 0.2) is 0 Å². The summed E-state index contributed by atoms with van der Waals surface area (Å²) in [5.74, 6) is 0.551. The lowest BCUT2D eigenvalue weighted by molar-refractivity contribution is -0.117. The van der Waals surface area contributed by atoms with Crippen molar-refractivity contribution < 1.29 is 9.53 Å². The molecule has 0 bridgehead atoms. The van der Waals surface area contributed by atoms with E-state index in [0.717, 1.165) is 11.3 Å². The van der Waals surface area contributed by atoms with Crippen molar-refractivity contribution in [2.24, 2.45) is 5.73 Å². The van der Waals surface area contributed by atoms with Gasteiger partial charge in [0.25, 0.3) is 0 Å². The number of carbonyl (C=O) groups is 1. The van der Waals surface area contributed by atoms with Crippen molar-refractivity contribution in [1.29, 1.82) is 0 Å². The molecule has 2 rings (SSSR count). The van der Waals surface area contributed by atoms with Gasteiger partial charge in [-0.1, -0.05) is 30.3 Å². The lowest BCUT2D eigenvalue weighted by Crippen LogP contribution is -2.32. The van der Waals surface area contributed by atoms with Gasteiger partial charge in [-0.15, -0.1) is 0 Å². The SMILES string of the molecule is CC(N)C(=O)Nc1ccc(OCc2ccccc2)cc1. The zero-order valence-corrected chi connectivity index (χ0v) is 11.4. The molecular weight excluding hydrogens is 252 g/mol. The predicted octanol–water partition coefficient (Wildman–Crippen LogP) is 2.55. The Hall–Kier alpha value is -2.33. The number of carbonyl (C=O) groups excluding carboxylic acids is 1. The molecule has 0 fully saturated rings. The van der Waals surface area contributed by atoms with Gasteiger partial charge in [-0.25, -0.2) is 0 Å². The van der Waals surface area contributed by atoms with E-state index in [4.69, 9.17) is 10.5 Å². The van der Waals surface area contributed by atoms with Crippen molar-refractivity contribution in [3.63, 3.8) is 0 Å². The molecule has 1 unspecified atom stereocenters. The van der Waals surface area contributed by atoms with Crippen molar-refractivity contribution in [2.75, 3.05) is 5.32 Å². The summed E-state index contributed by atoms with van der Waals surface area (Å²) in [6, 6.07) is 16.6. The van der Waals surface area contributed by atoms with Crippen LogP contribution >= 0.6 is 0 Å². The van der Waals surface area contributed by atoms with Crippen LogP contribution in [0.3, 0.4) is 0 Å². The fraction of sp³-hybridized carbons (Fsp3) is 0.188. The summed E-state index contributed by atoms with van der Waals surface area (Å²) < 4.78 is 5.66. The standard InChI is InChI=1S/C16H18N2O2/c1-12(17)16(19)18-14-7-9-15(10-8-14)20-11-13-5-3-2-4-6-13/h2-10,12H,11,17H2,1H3,(H,18,19). The summed E-state index contributed by atoms with van der Waals surface area (Å²) in [4.78, 5) is 11.4. The lowest BCUT2D eigenvalue weighted by Gasteiger charge is -2.09. The van der Waals surface area contributed by atoms with Crippen molar-refractivity contribution in [3.8, 4) is 5.75 Å². The summed E-state index contributed by atoms with van der Waals surface area (Å²) in [5.41, 5.74) is 7.31. The van der Waals surface area contributed by atoms with Gasteiger partial charge < -0.3 is 15.8 Å². The van der Waals surface area contributed by atoms with Gasteiger partial charge in [0.05, 0.1) is 6.04 Å². The van der Waals surface area contributed by atoms with E-state index >= 15 is 0 Å². The number of anilines is 1. The van der Waals surface area contributed by atoms with Crippen LogP contribution < -0.4 is 15.8 Å². The molecule has 0 aromatic heterocycles. The van der Waals surface area contributed by atoms with Gasteiger partial charge in [-0.05, 0) is 36.8 Å². The van der Waals surface area contributed by atoms with Gasteiger partial charge in [0, 0.05) is 5.69 Å². The molecule has 0 aliphatic rings. The molecule has 0 saturated carbocycles. The Morgan fingerprint density at radius 2 is 1.80 bits per heavy atom. The van der Waals surface area contributed by atoms with E-state index in [1.807, 2.05) is 42.5 Å². The summed E-state index contributed by atoms with van der Waals surface area (Å²) in [6.07, 6.45) is 0. The second-order valence-electron chi connectivity index (χ2n) is 4.58. The van der Waals surface area contributed by atoms with E-state index in [9.17, 15) is 4.79 Å². The minimum Gasteiger partial charge on any atom is -0.489 e. The second kappa shape index (κ2) is 6.73. The molecule has 0 saturated heterocycles. The Balaban J connectivity index is 1.90. The van der Waals surface area contributed by atoms with Gasteiger partial charge in [-0.2, -0.15) is 0 Å². The van der Waals surface area contributed by atoms with E-state index in [1.165, 1.54) is 0 Å². The summed E-state index contributed by atoms with van der Waals surface area (Å²) >= 11 is 0. The quantitative estimate of drug-likeness (QED) is 0.877. The first-order valence-corrected chi connectivity index (χ1v) is 6.48. The summed E-state index contributed by atoms with van der Waals surface area (Å²) in [5, 5.41) is 2.72. The first-order valence-electron chi connectivity index (χ1n) is 6.48. The highest BCUT2D eigenvalue weighted by molar-refractivity contribution is 5.94. The summed E-state index contributed by atoms with van der Waals surface area (Å²) in [6.45, 7) is 2.17. The van der Waals surface area contributed by atoms with Crippen LogP contribution in [0.15, 0.2) is 54.6 Å². The van der Waals surface area contributed by atoms with Crippen LogP contribution in [-0.2, 0) is 11.4 Å². The smallest absolute Gasteiger partial charge is 0.240 e. The van der Waals surface area contributed by atoms with Crippen LogP contribution in [0.4, 0.5) is 5.69 Å². The van der Waals surface area contributed by atoms with E-state index in [2.05, 4.69) is 5.32 Å². The minimum atomic E-state index is -0.524. The molecule has 0 aliphatic heterocycles. The zero-order valence-electron chi connectivity index (χ0n) is 11.4. The molecule has 0 spiro atoms. The monoisotopic (exact) mass is 270 g/mol. The molecule has 104 valence electrons. The number of benzene rings is 2. The number of nitrogens with one attached hydrogen (secondary N) is 1. The zero-order chi connectivity index (χ0) is 14.4. The fourth-order valence-corrected chi connectivity index (χ4v) is 1.63. The highest BCUT2D eigenvalue weighted by Crippen LogP contribution is 2.17. The van der Waals surface area contributed by atoms with Crippen LogP contribution in [0.2, 0.25) is 0 Å². The largest absolute Gasteiger partial charge is 0.489 e. The van der Waals surface area contributed by atoms with Gasteiger partial charge in [0.1, 0.15) is 12.4 Å². The Morgan fingerprint density at radius 1 is 1.15 bits per heavy atom. The molecule has 2 aromatic carbocycles. The highest BCUT2D eigenvalue weighted by atomic mass is 16.5. The maximum atomic E-state index is 11.4. The summed E-state index contributed by atoms with van der Waals surface area (Å²) in [7, 11) is 0. The molecule has 0 aliphatic carbocycles. The topological polar surface area (TPSA) is 64.4 Å². The molecular formula is C16H18N2O2. The molecule has 1 amide bonds. The third-order valence-corrected chi connectivity index (χ3v) is 2.78. The molecule has 4 heteroatoms. The Labute approximate surface area is 118 Å². The van der Waals surface area contributed by atoms with E-state index in [0.29, 0.717) is 12.3 Å². The van der Waals surface area contributed by atoms with Crippen LogP contribution in [0.5, 0.6) is 5.75 Å². The number of hydrogen-bond acceptors (Lipinski definition) is 3. The van der Waals surface area contributed by atoms with E-state index < -0.39 is 6.04 Å². The Kier molecular flexibility index (Phi) is 4.74. The number of hydrogen-bond donors (Lipinski definition) is 2. The van der Waals surface area contributed by atoms with Crippen molar-refractivity contribution in [2.45, 2.75) is 19.6 Å². The first-order chi connectivity index (χ1) is 9.65. The molecule has 2 aromatic rings. The van der Waals surface area contributed by atoms with Crippen LogP contribution in [-0.4, -0.2) is 11.9 Å². The maximum Gasteiger partial charge on any atom is 0.240 e. The van der Waals surface area contributed by atoms with Gasteiger partial charge >= 0.3 is 0 Å². The normalized spacial score (nSPS) is 11.7. The molecule has 0 heterocycles. The molecule has 1 atom stereocenters. The third kappa shape index (κ3) is 4.10. The van der Waals surface area contributed by atoms with E-state index in [-0.39, 0.29) is 5.91 Å². The van der Waals surface area contributed by atoms with Crippen LogP contribution in [0.1, 0.15) is 12.5 Å². The number of nitrogens with two attached hydrogens (primary N) is 1. The lowest BCUT2D eigenvalue weighted by atomic mass is 10.2. The average Bonchev–Trinajstić information content (AvgIpc) is 2.47. The van der Waals surface area contributed by atoms with Gasteiger partial charge in [0.2, 0.25) is 5.91 Å². The second-order valence-corrected chi connectivity index (χ2v) is 4.58. The molecule has 0 radical (unpaired) electrons. The Bertz CT molecular complexity index is 550. The van der Waals surface area contributed by atoms with Crippen molar-refractivity contribution in [1.82, 2.24) is 0 Å². The van der Waals surface area contributed by atoms with Crippen molar-refractivity contribution in [3.05, 3.63) is 60.2 Å². The van der Waals surface area contributed by atoms with Gasteiger partial charge in [-0.3, -0.25) is 4.79 Å². The molecule has 4 nitrogen and oxygen atoms in total. The highest BCUT2D eigenvalue weighted by Gasteiger charge is 2.07. The first kappa shape index (κ1) is 14.1. The van der Waals surface area contributed by atoms with E-state index in [1.54, 1.807) is 19.1 Å². The maximum absolute atomic E-state index is 11.4. The third-order valence-electron chi connectivity index (χ3n) is 2.78. The molecule has 3 N–H and O–H groups in total. The fourth-order valence-electron chi connectivity index (χ4n) is 1.63. The number of ether oxygens (including phenoxy) is 1. The van der Waals surface area contributed by atoms with Crippen LogP contribution in [0.25, 0.3) is 0 Å².